The quantitative estimate of drug-likeness (QED) is 0.546. The molecule has 0 N–H and O–H groups in total. The van der Waals surface area contributed by atoms with Gasteiger partial charge in [0.1, 0.15) is 0 Å². The van der Waals surface area contributed by atoms with Gasteiger partial charge in [-0.15, -0.1) is 6.42 Å². The highest BCUT2D eigenvalue weighted by molar-refractivity contribution is 5.44. The van der Waals surface area contributed by atoms with Crippen molar-refractivity contribution in [3.8, 4) is 12.3 Å². The number of nitrogens with zero attached hydrogens (tertiary/aromatic N) is 3. The second-order valence-corrected chi connectivity index (χ2v) is 3.81. The highest BCUT2D eigenvalue weighted by Gasteiger charge is 2.16. The Hall–Kier alpha value is -1.60. The molecule has 0 aliphatic carbocycles. The summed E-state index contributed by atoms with van der Waals surface area (Å²) in [6, 6.07) is 3.16. The van der Waals surface area contributed by atoms with Crippen molar-refractivity contribution in [2.45, 2.75) is 0 Å². The maximum Gasteiger partial charge on any atom is 0.212 e. The molecule has 1 aliphatic rings. The van der Waals surface area contributed by atoms with Gasteiger partial charge in [-0.25, -0.2) is 4.98 Å². The monoisotopic (exact) mass is 219 g/mol. The summed E-state index contributed by atoms with van der Waals surface area (Å²) in [5.74, 6) is 2.21. The number of terminal acetylenes is 1. The molecule has 0 aromatic carbocycles. The topological polar surface area (TPSA) is 19.4 Å². The Morgan fingerprint density at radius 3 is 2.62 bits per heavy atom. The summed E-state index contributed by atoms with van der Waals surface area (Å²) in [7, 11) is 0. The highest BCUT2D eigenvalue weighted by Crippen LogP contribution is 2.14. The Morgan fingerprint density at radius 1 is 1.31 bits per heavy atom. The first-order chi connectivity index (χ1) is 7.79. The SMILES string of the molecule is C#CCN1CCN(c2ccc(F)nc2)CC1. The van der Waals surface area contributed by atoms with E-state index in [-0.39, 0.29) is 0 Å². The summed E-state index contributed by atoms with van der Waals surface area (Å²) in [4.78, 5) is 8.08. The van der Waals surface area contributed by atoms with Crippen LogP contribution in [0.15, 0.2) is 18.3 Å². The van der Waals surface area contributed by atoms with Gasteiger partial charge in [0.25, 0.3) is 0 Å². The summed E-state index contributed by atoms with van der Waals surface area (Å²) in [5.41, 5.74) is 0.974. The number of hydrogen-bond acceptors (Lipinski definition) is 3. The fourth-order valence-corrected chi connectivity index (χ4v) is 1.85. The van der Waals surface area contributed by atoms with Crippen molar-refractivity contribution in [1.29, 1.82) is 0 Å². The Balaban J connectivity index is 1.94. The summed E-state index contributed by atoms with van der Waals surface area (Å²) in [6.07, 6.45) is 6.84. The lowest BCUT2D eigenvalue weighted by molar-refractivity contribution is 0.288. The first-order valence-corrected chi connectivity index (χ1v) is 5.32. The Bertz CT molecular complexity index is 374. The zero-order valence-corrected chi connectivity index (χ0v) is 9.06. The van der Waals surface area contributed by atoms with Gasteiger partial charge in [0, 0.05) is 26.2 Å². The van der Waals surface area contributed by atoms with Crippen LogP contribution in [-0.4, -0.2) is 42.6 Å². The van der Waals surface area contributed by atoms with Crippen LogP contribution in [0.4, 0.5) is 10.1 Å². The Morgan fingerprint density at radius 2 is 2.06 bits per heavy atom. The van der Waals surface area contributed by atoms with Crippen molar-refractivity contribution in [1.82, 2.24) is 9.88 Å². The van der Waals surface area contributed by atoms with Gasteiger partial charge < -0.3 is 4.90 Å². The molecule has 2 rings (SSSR count). The number of pyridine rings is 1. The van der Waals surface area contributed by atoms with E-state index < -0.39 is 5.95 Å². The van der Waals surface area contributed by atoms with E-state index in [9.17, 15) is 4.39 Å². The van der Waals surface area contributed by atoms with Crippen LogP contribution in [0.1, 0.15) is 0 Å². The molecule has 0 unspecified atom stereocenters. The molecule has 0 saturated carbocycles. The molecular weight excluding hydrogens is 205 g/mol. The van der Waals surface area contributed by atoms with E-state index in [0.29, 0.717) is 6.54 Å². The van der Waals surface area contributed by atoms with Crippen molar-refractivity contribution < 1.29 is 4.39 Å². The number of halogens is 1. The average Bonchev–Trinajstić information content (AvgIpc) is 2.32. The summed E-state index contributed by atoms with van der Waals surface area (Å²) >= 11 is 0. The van der Waals surface area contributed by atoms with Crippen LogP contribution >= 0.6 is 0 Å². The summed E-state index contributed by atoms with van der Waals surface area (Å²) in [5, 5.41) is 0. The molecular formula is C12H14FN3. The van der Waals surface area contributed by atoms with Crippen molar-refractivity contribution in [3.05, 3.63) is 24.3 Å². The third kappa shape index (κ3) is 2.50. The van der Waals surface area contributed by atoms with Gasteiger partial charge >= 0.3 is 0 Å². The molecule has 2 heterocycles. The molecule has 3 nitrogen and oxygen atoms in total. The molecule has 0 bridgehead atoms. The second kappa shape index (κ2) is 4.95. The maximum absolute atomic E-state index is 12.7. The summed E-state index contributed by atoms with van der Waals surface area (Å²) < 4.78 is 12.7. The zero-order valence-electron chi connectivity index (χ0n) is 9.06. The van der Waals surface area contributed by atoms with Gasteiger partial charge in [0.15, 0.2) is 0 Å². The van der Waals surface area contributed by atoms with Gasteiger partial charge in [-0.1, -0.05) is 5.92 Å². The minimum atomic E-state index is -0.435. The predicted octanol–water partition coefficient (Wildman–Crippen LogP) is 0.976. The minimum Gasteiger partial charge on any atom is -0.368 e. The standard InChI is InChI=1S/C12H14FN3/c1-2-5-15-6-8-16(9-7-15)11-3-4-12(13)14-10-11/h1,3-4,10H,5-9H2. The van der Waals surface area contributed by atoms with Crippen molar-refractivity contribution in [2.75, 3.05) is 37.6 Å². The van der Waals surface area contributed by atoms with Crippen LogP contribution in [0, 0.1) is 18.3 Å². The van der Waals surface area contributed by atoms with Gasteiger partial charge in [0.05, 0.1) is 18.4 Å². The summed E-state index contributed by atoms with van der Waals surface area (Å²) in [6.45, 7) is 4.42. The van der Waals surface area contributed by atoms with E-state index in [2.05, 4.69) is 20.7 Å². The lowest BCUT2D eigenvalue weighted by atomic mass is 10.3. The molecule has 1 aliphatic heterocycles. The van der Waals surface area contributed by atoms with Crippen LogP contribution in [0.2, 0.25) is 0 Å². The zero-order chi connectivity index (χ0) is 11.4. The molecule has 1 aromatic rings. The van der Waals surface area contributed by atoms with E-state index in [1.807, 2.05) is 0 Å². The van der Waals surface area contributed by atoms with E-state index in [1.54, 1.807) is 12.3 Å². The molecule has 84 valence electrons. The maximum atomic E-state index is 12.7. The second-order valence-electron chi connectivity index (χ2n) is 3.81. The van der Waals surface area contributed by atoms with Crippen molar-refractivity contribution in [2.24, 2.45) is 0 Å². The van der Waals surface area contributed by atoms with E-state index in [4.69, 9.17) is 6.42 Å². The molecule has 16 heavy (non-hydrogen) atoms. The fraction of sp³-hybridized carbons (Fsp3) is 0.417. The number of piperazine rings is 1. The normalized spacial score (nSPS) is 17.1. The molecule has 0 amide bonds. The van der Waals surface area contributed by atoms with Crippen LogP contribution in [0.25, 0.3) is 0 Å². The van der Waals surface area contributed by atoms with Gasteiger partial charge in [-0.3, -0.25) is 4.90 Å². The lowest BCUT2D eigenvalue weighted by Crippen LogP contribution is -2.46. The minimum absolute atomic E-state index is 0.435. The van der Waals surface area contributed by atoms with Crippen molar-refractivity contribution in [3.63, 3.8) is 0 Å². The lowest BCUT2D eigenvalue weighted by Gasteiger charge is -2.34. The van der Waals surface area contributed by atoms with E-state index in [1.165, 1.54) is 6.07 Å². The third-order valence-corrected chi connectivity index (χ3v) is 2.76. The molecule has 1 aromatic heterocycles. The van der Waals surface area contributed by atoms with E-state index in [0.717, 1.165) is 31.9 Å². The molecule has 0 spiro atoms. The van der Waals surface area contributed by atoms with Gasteiger partial charge in [0.2, 0.25) is 5.95 Å². The first-order valence-electron chi connectivity index (χ1n) is 5.32. The Labute approximate surface area is 94.9 Å². The predicted molar refractivity (Wildman–Crippen MR) is 61.7 cm³/mol. The molecule has 0 atom stereocenters. The van der Waals surface area contributed by atoms with Gasteiger partial charge in [-0.05, 0) is 12.1 Å². The first kappa shape index (κ1) is 10.9. The fourth-order valence-electron chi connectivity index (χ4n) is 1.85. The van der Waals surface area contributed by atoms with Crippen LogP contribution < -0.4 is 4.90 Å². The van der Waals surface area contributed by atoms with Crippen LogP contribution in [-0.2, 0) is 0 Å². The third-order valence-electron chi connectivity index (χ3n) is 2.76. The largest absolute Gasteiger partial charge is 0.368 e. The number of aromatic nitrogens is 1. The van der Waals surface area contributed by atoms with Gasteiger partial charge in [-0.2, -0.15) is 4.39 Å². The Kier molecular flexibility index (Phi) is 3.37. The van der Waals surface area contributed by atoms with Crippen LogP contribution in [0.3, 0.4) is 0 Å². The van der Waals surface area contributed by atoms with E-state index >= 15 is 0 Å². The average molecular weight is 219 g/mol. The number of hydrogen-bond donors (Lipinski definition) is 0. The van der Waals surface area contributed by atoms with Crippen molar-refractivity contribution >= 4 is 5.69 Å². The number of anilines is 1. The smallest absolute Gasteiger partial charge is 0.212 e. The molecule has 4 heteroatoms. The molecule has 1 saturated heterocycles. The molecule has 1 fully saturated rings. The number of rotatable bonds is 2. The highest BCUT2D eigenvalue weighted by atomic mass is 19.1. The molecule has 0 radical (unpaired) electrons. The van der Waals surface area contributed by atoms with Crippen LogP contribution in [0.5, 0.6) is 0 Å².